The van der Waals surface area contributed by atoms with Gasteiger partial charge in [0.05, 0.1) is 17.5 Å². The third-order valence-electron chi connectivity index (χ3n) is 4.86. The predicted octanol–water partition coefficient (Wildman–Crippen LogP) is 1.78. The van der Waals surface area contributed by atoms with Crippen LogP contribution in [0.2, 0.25) is 0 Å². The van der Waals surface area contributed by atoms with Crippen molar-refractivity contribution < 1.29 is 4.79 Å². The molecule has 0 bridgehead atoms. The number of H-pyrrole nitrogens is 1. The largest absolute Gasteiger partial charge is 0.338 e. The van der Waals surface area contributed by atoms with E-state index in [0.29, 0.717) is 35.6 Å². The van der Waals surface area contributed by atoms with Gasteiger partial charge in [-0.1, -0.05) is 30.3 Å². The Labute approximate surface area is 154 Å². The molecule has 0 unspecified atom stereocenters. The lowest BCUT2D eigenvalue weighted by Gasteiger charge is -2.43. The zero-order valence-corrected chi connectivity index (χ0v) is 15.3. The van der Waals surface area contributed by atoms with Gasteiger partial charge in [-0.25, -0.2) is 4.98 Å². The fourth-order valence-electron chi connectivity index (χ4n) is 3.46. The number of nitrogens with zero attached hydrogens (tertiary/aromatic N) is 2. The van der Waals surface area contributed by atoms with Crippen molar-refractivity contribution >= 4 is 27.5 Å². The van der Waals surface area contributed by atoms with E-state index in [1.54, 1.807) is 11.9 Å². The molecule has 7 heteroatoms. The number of carbonyl (C=O) groups excluding carboxylic acids is 1. The highest BCUT2D eigenvalue weighted by Gasteiger charge is 2.45. The maximum Gasteiger partial charge on any atom is 0.268 e. The first-order chi connectivity index (χ1) is 12.6. The molecule has 1 amide bonds. The van der Waals surface area contributed by atoms with Crippen LogP contribution in [0.5, 0.6) is 0 Å². The molecular formula is C19H20N4O2S. The van der Waals surface area contributed by atoms with Crippen LogP contribution in [-0.2, 0) is 17.8 Å². The lowest BCUT2D eigenvalue weighted by Crippen LogP contribution is -2.62. The summed E-state index contributed by atoms with van der Waals surface area (Å²) >= 11 is 1.37. The van der Waals surface area contributed by atoms with E-state index in [-0.39, 0.29) is 18.0 Å². The summed E-state index contributed by atoms with van der Waals surface area (Å²) in [6.07, 6.45) is 0.706. The summed E-state index contributed by atoms with van der Waals surface area (Å²) in [4.78, 5) is 34.2. The van der Waals surface area contributed by atoms with E-state index >= 15 is 0 Å². The standard InChI is InChI=1S/C19H20N4O2S/c1-23(10-15-21-14-7-8-26-16(14)17(24)22-15)18(25)19(11-20-12-19)9-13-5-3-2-4-6-13/h2-8,20H,9-12H2,1H3,(H,21,22,24). The monoisotopic (exact) mass is 368 g/mol. The van der Waals surface area contributed by atoms with Gasteiger partial charge in [0.25, 0.3) is 5.56 Å². The van der Waals surface area contributed by atoms with E-state index in [0.717, 1.165) is 5.56 Å². The molecule has 3 aromatic rings. The fourth-order valence-corrected chi connectivity index (χ4v) is 4.19. The smallest absolute Gasteiger partial charge is 0.268 e. The van der Waals surface area contributed by atoms with E-state index in [2.05, 4.69) is 27.4 Å². The Kier molecular flexibility index (Phi) is 4.34. The molecular weight excluding hydrogens is 348 g/mol. The van der Waals surface area contributed by atoms with Crippen LogP contribution in [0, 0.1) is 5.41 Å². The zero-order chi connectivity index (χ0) is 18.1. The van der Waals surface area contributed by atoms with Gasteiger partial charge in [-0.2, -0.15) is 0 Å². The minimum atomic E-state index is -0.428. The molecule has 0 spiro atoms. The average Bonchev–Trinajstić information content (AvgIpc) is 3.07. The van der Waals surface area contributed by atoms with Crippen LogP contribution in [0.1, 0.15) is 11.4 Å². The van der Waals surface area contributed by atoms with Gasteiger partial charge in [0.1, 0.15) is 10.5 Å². The molecule has 26 heavy (non-hydrogen) atoms. The van der Waals surface area contributed by atoms with Crippen LogP contribution in [0.3, 0.4) is 0 Å². The van der Waals surface area contributed by atoms with Gasteiger partial charge in [0.2, 0.25) is 5.91 Å². The zero-order valence-electron chi connectivity index (χ0n) is 14.5. The molecule has 2 N–H and O–H groups in total. The number of aromatic nitrogens is 2. The number of carbonyl (C=O) groups is 1. The van der Waals surface area contributed by atoms with Crippen molar-refractivity contribution in [2.75, 3.05) is 20.1 Å². The second-order valence-corrected chi connectivity index (χ2v) is 7.77. The number of amides is 1. The van der Waals surface area contributed by atoms with Crippen molar-refractivity contribution in [3.8, 4) is 0 Å². The third kappa shape index (κ3) is 3.04. The van der Waals surface area contributed by atoms with Crippen molar-refractivity contribution in [1.29, 1.82) is 0 Å². The highest BCUT2D eigenvalue weighted by molar-refractivity contribution is 7.17. The Morgan fingerprint density at radius 1 is 1.27 bits per heavy atom. The average molecular weight is 368 g/mol. The van der Waals surface area contributed by atoms with Gasteiger partial charge in [-0.05, 0) is 23.4 Å². The normalized spacial score (nSPS) is 15.6. The summed E-state index contributed by atoms with van der Waals surface area (Å²) in [5.41, 5.74) is 1.26. The molecule has 2 aromatic heterocycles. The van der Waals surface area contributed by atoms with Crippen LogP contribution >= 0.6 is 11.3 Å². The maximum atomic E-state index is 13.1. The molecule has 134 valence electrons. The van der Waals surface area contributed by atoms with Gasteiger partial charge in [0, 0.05) is 20.1 Å². The Balaban J connectivity index is 1.53. The second kappa shape index (κ2) is 6.66. The quantitative estimate of drug-likeness (QED) is 0.720. The van der Waals surface area contributed by atoms with Gasteiger partial charge in [-0.15, -0.1) is 11.3 Å². The number of hydrogen-bond acceptors (Lipinski definition) is 5. The van der Waals surface area contributed by atoms with Gasteiger partial charge in [0.15, 0.2) is 0 Å². The Bertz CT molecular complexity index is 991. The van der Waals surface area contributed by atoms with Crippen LogP contribution in [0.4, 0.5) is 0 Å². The van der Waals surface area contributed by atoms with Crippen LogP contribution in [0.15, 0.2) is 46.6 Å². The van der Waals surface area contributed by atoms with E-state index in [4.69, 9.17) is 0 Å². The summed E-state index contributed by atoms with van der Waals surface area (Å²) in [6.45, 7) is 1.62. The van der Waals surface area contributed by atoms with E-state index in [1.807, 2.05) is 29.6 Å². The summed E-state index contributed by atoms with van der Waals surface area (Å²) < 4.78 is 0.617. The van der Waals surface area contributed by atoms with Crippen molar-refractivity contribution in [1.82, 2.24) is 20.2 Å². The molecule has 1 saturated heterocycles. The number of hydrogen-bond donors (Lipinski definition) is 2. The van der Waals surface area contributed by atoms with Gasteiger partial charge in [-0.3, -0.25) is 9.59 Å². The predicted molar refractivity (Wildman–Crippen MR) is 102 cm³/mol. The van der Waals surface area contributed by atoms with Crippen LogP contribution in [0.25, 0.3) is 10.2 Å². The second-order valence-electron chi connectivity index (χ2n) is 6.86. The molecule has 1 aromatic carbocycles. The number of benzene rings is 1. The number of nitrogens with one attached hydrogen (secondary N) is 2. The summed E-state index contributed by atoms with van der Waals surface area (Å²) in [5.74, 6) is 0.590. The number of rotatable bonds is 5. The third-order valence-corrected chi connectivity index (χ3v) is 5.77. The molecule has 0 aliphatic carbocycles. The number of aromatic amines is 1. The molecule has 1 fully saturated rings. The highest BCUT2D eigenvalue weighted by Crippen LogP contribution is 2.30. The topological polar surface area (TPSA) is 78.1 Å². The SMILES string of the molecule is CN(Cc1nc2ccsc2c(=O)[nH]1)C(=O)C1(Cc2ccccc2)CNC1. The Hall–Kier alpha value is -2.51. The van der Waals surface area contributed by atoms with Gasteiger partial charge >= 0.3 is 0 Å². The van der Waals surface area contributed by atoms with Crippen LogP contribution in [-0.4, -0.2) is 40.9 Å². The fraction of sp³-hybridized carbons (Fsp3) is 0.316. The first-order valence-corrected chi connectivity index (χ1v) is 9.42. The summed E-state index contributed by atoms with van der Waals surface area (Å²) in [6, 6.07) is 11.9. The lowest BCUT2D eigenvalue weighted by atomic mass is 9.75. The molecule has 0 saturated carbocycles. The first kappa shape index (κ1) is 16.9. The molecule has 3 heterocycles. The summed E-state index contributed by atoms with van der Waals surface area (Å²) in [7, 11) is 1.77. The van der Waals surface area contributed by atoms with Gasteiger partial charge < -0.3 is 15.2 Å². The number of fused-ring (bicyclic) bond motifs is 1. The molecule has 6 nitrogen and oxygen atoms in total. The minimum absolute atomic E-state index is 0.0770. The minimum Gasteiger partial charge on any atom is -0.338 e. The molecule has 0 atom stereocenters. The van der Waals surface area contributed by atoms with Crippen LogP contribution < -0.4 is 10.9 Å². The van der Waals surface area contributed by atoms with E-state index in [1.165, 1.54) is 11.3 Å². The lowest BCUT2D eigenvalue weighted by molar-refractivity contribution is -0.144. The Morgan fingerprint density at radius 3 is 2.73 bits per heavy atom. The highest BCUT2D eigenvalue weighted by atomic mass is 32.1. The van der Waals surface area contributed by atoms with Crippen molar-refractivity contribution in [3.05, 3.63) is 63.5 Å². The maximum absolute atomic E-state index is 13.1. The van der Waals surface area contributed by atoms with E-state index < -0.39 is 5.41 Å². The van der Waals surface area contributed by atoms with E-state index in [9.17, 15) is 9.59 Å². The van der Waals surface area contributed by atoms with Crippen molar-refractivity contribution in [2.45, 2.75) is 13.0 Å². The van der Waals surface area contributed by atoms with Crippen molar-refractivity contribution in [3.63, 3.8) is 0 Å². The molecule has 0 radical (unpaired) electrons. The number of thiophene rings is 1. The van der Waals surface area contributed by atoms with Crippen molar-refractivity contribution in [2.24, 2.45) is 5.41 Å². The molecule has 1 aliphatic rings. The molecule has 1 aliphatic heterocycles. The molecule has 4 rings (SSSR count). The summed E-state index contributed by atoms with van der Waals surface area (Å²) in [5, 5.41) is 5.08. The first-order valence-electron chi connectivity index (χ1n) is 8.54. The Morgan fingerprint density at radius 2 is 2.04 bits per heavy atom.